The lowest BCUT2D eigenvalue weighted by molar-refractivity contribution is -0.140. The van der Waals surface area contributed by atoms with E-state index in [1.807, 2.05) is 64.1 Å². The Hall–Kier alpha value is -2.14. The maximum atomic E-state index is 13.3. The molecule has 2 aromatic carbocycles. The van der Waals surface area contributed by atoms with Crippen molar-refractivity contribution in [2.75, 3.05) is 0 Å². The second kappa shape index (κ2) is 10.6. The number of aryl methyl sites for hydroxylation is 2. The molecule has 29 heavy (non-hydrogen) atoms. The minimum absolute atomic E-state index is 0.0478. The van der Waals surface area contributed by atoms with Crippen LogP contribution in [0.4, 0.5) is 0 Å². The van der Waals surface area contributed by atoms with E-state index in [1.165, 1.54) is 0 Å². The summed E-state index contributed by atoms with van der Waals surface area (Å²) >= 11 is 3.44. The molecule has 0 fully saturated rings. The van der Waals surface area contributed by atoms with Crippen molar-refractivity contribution in [3.8, 4) is 0 Å². The van der Waals surface area contributed by atoms with Crippen molar-refractivity contribution in [2.24, 2.45) is 0 Å². The van der Waals surface area contributed by atoms with Crippen molar-refractivity contribution in [2.45, 2.75) is 66.1 Å². The van der Waals surface area contributed by atoms with Gasteiger partial charge in [-0.1, -0.05) is 58.7 Å². The smallest absolute Gasteiger partial charge is 0.242 e. The van der Waals surface area contributed by atoms with Crippen molar-refractivity contribution in [3.05, 3.63) is 69.2 Å². The third-order valence-electron chi connectivity index (χ3n) is 5.28. The molecule has 0 radical (unpaired) electrons. The van der Waals surface area contributed by atoms with Crippen LogP contribution in [0.5, 0.6) is 0 Å². The van der Waals surface area contributed by atoms with E-state index in [2.05, 4.69) is 27.3 Å². The van der Waals surface area contributed by atoms with Crippen LogP contribution in [0.25, 0.3) is 0 Å². The number of hydrogen-bond donors (Lipinski definition) is 1. The highest BCUT2D eigenvalue weighted by Gasteiger charge is 2.27. The van der Waals surface area contributed by atoms with Gasteiger partial charge in [-0.3, -0.25) is 9.59 Å². The number of carbonyl (C=O) groups excluding carboxylic acids is 2. The molecule has 0 saturated heterocycles. The highest BCUT2D eigenvalue weighted by molar-refractivity contribution is 9.10. The SMILES string of the molecule is CC[C@@H](C)NC(=O)[C@@H](C)N(Cc1ccc(Br)cc1)C(=O)Cc1cc(C)ccc1C. The van der Waals surface area contributed by atoms with Crippen LogP contribution >= 0.6 is 15.9 Å². The molecule has 0 heterocycles. The summed E-state index contributed by atoms with van der Waals surface area (Å²) in [7, 11) is 0. The lowest BCUT2D eigenvalue weighted by Gasteiger charge is -2.30. The molecule has 156 valence electrons. The number of hydrogen-bond acceptors (Lipinski definition) is 2. The van der Waals surface area contributed by atoms with Crippen LogP contribution in [-0.2, 0) is 22.6 Å². The zero-order valence-corrected chi connectivity index (χ0v) is 19.5. The van der Waals surface area contributed by atoms with Crippen LogP contribution in [0.15, 0.2) is 46.9 Å². The van der Waals surface area contributed by atoms with E-state index in [9.17, 15) is 9.59 Å². The van der Waals surface area contributed by atoms with E-state index in [4.69, 9.17) is 0 Å². The first-order valence-corrected chi connectivity index (χ1v) is 10.9. The summed E-state index contributed by atoms with van der Waals surface area (Å²) in [5.41, 5.74) is 4.21. The van der Waals surface area contributed by atoms with E-state index >= 15 is 0 Å². The Kier molecular flexibility index (Phi) is 8.45. The standard InChI is InChI=1S/C24H31BrN2O2/c1-6-18(4)26-24(29)19(5)27(15-20-9-11-22(25)12-10-20)23(28)14-21-13-16(2)7-8-17(21)3/h7-13,18-19H,6,14-15H2,1-5H3,(H,26,29)/t18-,19-/m1/s1. The number of nitrogens with zero attached hydrogens (tertiary/aromatic N) is 1. The fraction of sp³-hybridized carbons (Fsp3) is 0.417. The molecule has 4 nitrogen and oxygen atoms in total. The Morgan fingerprint density at radius 3 is 2.34 bits per heavy atom. The highest BCUT2D eigenvalue weighted by atomic mass is 79.9. The van der Waals surface area contributed by atoms with E-state index in [1.54, 1.807) is 11.8 Å². The van der Waals surface area contributed by atoms with Gasteiger partial charge in [0.15, 0.2) is 0 Å². The predicted octanol–water partition coefficient (Wildman–Crippen LogP) is 4.94. The van der Waals surface area contributed by atoms with Gasteiger partial charge in [-0.2, -0.15) is 0 Å². The van der Waals surface area contributed by atoms with Gasteiger partial charge >= 0.3 is 0 Å². The molecule has 0 bridgehead atoms. The maximum absolute atomic E-state index is 13.3. The molecule has 0 aliphatic rings. The number of benzene rings is 2. The largest absolute Gasteiger partial charge is 0.352 e. The van der Waals surface area contributed by atoms with Crippen molar-refractivity contribution >= 4 is 27.7 Å². The molecule has 5 heteroatoms. The number of halogens is 1. The third kappa shape index (κ3) is 6.70. The molecule has 0 saturated carbocycles. The molecule has 0 unspecified atom stereocenters. The first-order chi connectivity index (χ1) is 13.7. The van der Waals surface area contributed by atoms with Crippen LogP contribution in [0, 0.1) is 13.8 Å². The summed E-state index contributed by atoms with van der Waals surface area (Å²) < 4.78 is 0.983. The van der Waals surface area contributed by atoms with E-state index in [0.29, 0.717) is 6.54 Å². The van der Waals surface area contributed by atoms with Gasteiger partial charge in [-0.05, 0) is 62.9 Å². The Morgan fingerprint density at radius 2 is 1.72 bits per heavy atom. The second-order valence-corrected chi connectivity index (χ2v) is 8.66. The summed E-state index contributed by atoms with van der Waals surface area (Å²) in [5.74, 6) is -0.167. The molecule has 0 aliphatic heterocycles. The fourth-order valence-electron chi connectivity index (χ4n) is 3.09. The van der Waals surface area contributed by atoms with E-state index < -0.39 is 6.04 Å². The molecule has 2 amide bonds. The summed E-state index contributed by atoms with van der Waals surface area (Å²) in [6.07, 6.45) is 1.13. The Morgan fingerprint density at radius 1 is 1.07 bits per heavy atom. The molecule has 0 aromatic heterocycles. The van der Waals surface area contributed by atoms with Gasteiger partial charge in [0.05, 0.1) is 6.42 Å². The Bertz CT molecular complexity index is 848. The lowest BCUT2D eigenvalue weighted by Crippen LogP contribution is -2.49. The second-order valence-electron chi connectivity index (χ2n) is 7.75. The highest BCUT2D eigenvalue weighted by Crippen LogP contribution is 2.17. The van der Waals surface area contributed by atoms with Gasteiger partial charge in [0, 0.05) is 17.1 Å². The minimum atomic E-state index is -0.551. The monoisotopic (exact) mass is 458 g/mol. The molecular formula is C24H31BrN2O2. The molecule has 2 atom stereocenters. The van der Waals surface area contributed by atoms with Crippen LogP contribution in [-0.4, -0.2) is 28.8 Å². The van der Waals surface area contributed by atoms with Crippen molar-refractivity contribution in [3.63, 3.8) is 0 Å². The van der Waals surface area contributed by atoms with E-state index in [0.717, 1.165) is 33.1 Å². The maximum Gasteiger partial charge on any atom is 0.242 e. The molecule has 0 spiro atoms. The quantitative estimate of drug-likeness (QED) is 0.608. The number of rotatable bonds is 8. The van der Waals surface area contributed by atoms with Crippen molar-refractivity contribution in [1.29, 1.82) is 0 Å². The van der Waals surface area contributed by atoms with Crippen LogP contribution in [0.3, 0.4) is 0 Å². The Labute approximate surface area is 182 Å². The fourth-order valence-corrected chi connectivity index (χ4v) is 3.35. The topological polar surface area (TPSA) is 49.4 Å². The van der Waals surface area contributed by atoms with Crippen molar-refractivity contribution < 1.29 is 9.59 Å². The van der Waals surface area contributed by atoms with Crippen LogP contribution in [0.1, 0.15) is 49.4 Å². The summed E-state index contributed by atoms with van der Waals surface area (Å²) in [6, 6.07) is 13.5. The third-order valence-corrected chi connectivity index (χ3v) is 5.81. The summed E-state index contributed by atoms with van der Waals surface area (Å²) in [4.78, 5) is 27.7. The molecule has 2 rings (SSSR count). The number of amides is 2. The molecule has 2 aromatic rings. The van der Waals surface area contributed by atoms with Gasteiger partial charge in [0.2, 0.25) is 11.8 Å². The lowest BCUT2D eigenvalue weighted by atomic mass is 10.0. The van der Waals surface area contributed by atoms with E-state index in [-0.39, 0.29) is 24.3 Å². The van der Waals surface area contributed by atoms with Gasteiger partial charge in [-0.15, -0.1) is 0 Å². The van der Waals surface area contributed by atoms with Crippen molar-refractivity contribution in [1.82, 2.24) is 10.2 Å². The number of nitrogens with one attached hydrogen (secondary N) is 1. The minimum Gasteiger partial charge on any atom is -0.352 e. The Balaban J connectivity index is 2.26. The molecule has 0 aliphatic carbocycles. The van der Waals surface area contributed by atoms with Crippen LogP contribution < -0.4 is 5.32 Å². The van der Waals surface area contributed by atoms with Gasteiger partial charge in [0.25, 0.3) is 0 Å². The first kappa shape index (κ1) is 23.1. The van der Waals surface area contributed by atoms with Gasteiger partial charge in [0.1, 0.15) is 6.04 Å². The van der Waals surface area contributed by atoms with Gasteiger partial charge in [-0.25, -0.2) is 0 Å². The molecular weight excluding hydrogens is 428 g/mol. The molecule has 1 N–H and O–H groups in total. The first-order valence-electron chi connectivity index (χ1n) is 10.1. The predicted molar refractivity (Wildman–Crippen MR) is 122 cm³/mol. The normalized spacial score (nSPS) is 12.9. The average molecular weight is 459 g/mol. The number of carbonyl (C=O) groups is 2. The summed E-state index contributed by atoms with van der Waals surface area (Å²) in [5, 5.41) is 3.00. The zero-order chi connectivity index (χ0) is 21.6. The van der Waals surface area contributed by atoms with Crippen LogP contribution in [0.2, 0.25) is 0 Å². The van der Waals surface area contributed by atoms with Gasteiger partial charge < -0.3 is 10.2 Å². The summed E-state index contributed by atoms with van der Waals surface area (Å²) in [6.45, 7) is 10.2. The zero-order valence-electron chi connectivity index (χ0n) is 18.0. The average Bonchev–Trinajstić information content (AvgIpc) is 2.69.